The third-order valence-corrected chi connectivity index (χ3v) is 5.80. The lowest BCUT2D eigenvalue weighted by Gasteiger charge is -2.42. The van der Waals surface area contributed by atoms with E-state index >= 15 is 0 Å². The maximum atomic E-state index is 6.44. The normalized spacial score (nSPS) is 19.5. The highest BCUT2D eigenvalue weighted by Crippen LogP contribution is 2.51. The van der Waals surface area contributed by atoms with Crippen LogP contribution in [0.25, 0.3) is 0 Å². The second kappa shape index (κ2) is 6.09. The summed E-state index contributed by atoms with van der Waals surface area (Å²) in [6.45, 7) is 1.10. The molecule has 5 nitrogen and oxygen atoms in total. The first-order valence-electron chi connectivity index (χ1n) is 8.93. The van der Waals surface area contributed by atoms with Gasteiger partial charge in [-0.1, -0.05) is 6.07 Å². The summed E-state index contributed by atoms with van der Waals surface area (Å²) >= 11 is 0. The maximum absolute atomic E-state index is 6.44. The Morgan fingerprint density at radius 1 is 0.923 bits per heavy atom. The second-order valence-electron chi connectivity index (χ2n) is 7.56. The van der Waals surface area contributed by atoms with Crippen molar-refractivity contribution in [2.75, 3.05) is 42.0 Å². The molecule has 1 atom stereocenters. The van der Waals surface area contributed by atoms with Gasteiger partial charge in [0.2, 0.25) is 0 Å². The van der Waals surface area contributed by atoms with E-state index in [-0.39, 0.29) is 0 Å². The van der Waals surface area contributed by atoms with Crippen LogP contribution in [0.3, 0.4) is 0 Å². The van der Waals surface area contributed by atoms with Crippen molar-refractivity contribution >= 4 is 0 Å². The van der Waals surface area contributed by atoms with Gasteiger partial charge in [0, 0.05) is 24.5 Å². The molecule has 0 bridgehead atoms. The van der Waals surface area contributed by atoms with Crippen molar-refractivity contribution in [2.45, 2.75) is 18.9 Å². The Morgan fingerprint density at radius 3 is 2.31 bits per heavy atom. The Bertz CT molecular complexity index is 860. The molecular weight excluding hydrogens is 330 g/mol. The van der Waals surface area contributed by atoms with E-state index in [0.717, 1.165) is 52.4 Å². The highest BCUT2D eigenvalue weighted by molar-refractivity contribution is 5.60. The molecule has 0 N–H and O–H groups in total. The van der Waals surface area contributed by atoms with Crippen LogP contribution in [0.5, 0.6) is 28.7 Å². The van der Waals surface area contributed by atoms with Crippen molar-refractivity contribution in [3.8, 4) is 28.7 Å². The van der Waals surface area contributed by atoms with Gasteiger partial charge in [-0.15, -0.1) is 0 Å². The van der Waals surface area contributed by atoms with Gasteiger partial charge in [-0.3, -0.25) is 0 Å². The van der Waals surface area contributed by atoms with Gasteiger partial charge in [0.15, 0.2) is 23.0 Å². The summed E-state index contributed by atoms with van der Waals surface area (Å²) in [4.78, 5) is 0. The predicted molar refractivity (Wildman–Crippen MR) is 99.7 cm³/mol. The molecule has 0 aliphatic carbocycles. The number of rotatable bonds is 3. The zero-order valence-electron chi connectivity index (χ0n) is 16.1. The minimum Gasteiger partial charge on any atom is -0.493 e. The molecule has 138 valence electrons. The van der Waals surface area contributed by atoms with Crippen LogP contribution in [0.2, 0.25) is 0 Å². The van der Waals surface area contributed by atoms with Crippen molar-refractivity contribution < 1.29 is 23.4 Å². The summed E-state index contributed by atoms with van der Waals surface area (Å²) in [5.74, 6) is 3.83. The van der Waals surface area contributed by atoms with Gasteiger partial charge >= 0.3 is 0 Å². The van der Waals surface area contributed by atoms with Gasteiger partial charge in [-0.2, -0.15) is 0 Å². The lowest BCUT2D eigenvalue weighted by Crippen LogP contribution is -2.48. The Balaban J connectivity index is 1.96. The van der Waals surface area contributed by atoms with Gasteiger partial charge in [-0.25, -0.2) is 0 Å². The number of hydrogen-bond acceptors (Lipinski definition) is 4. The molecular formula is C21H26NO4+. The van der Waals surface area contributed by atoms with Crippen LogP contribution >= 0.6 is 0 Å². The maximum Gasteiger partial charge on any atom is 0.178 e. The topological polar surface area (TPSA) is 36.9 Å². The second-order valence-corrected chi connectivity index (χ2v) is 7.56. The first-order valence-corrected chi connectivity index (χ1v) is 8.93. The zero-order valence-corrected chi connectivity index (χ0v) is 16.1. The molecule has 0 unspecified atom stereocenters. The van der Waals surface area contributed by atoms with Gasteiger partial charge in [-0.05, 0) is 17.7 Å². The predicted octanol–water partition coefficient (Wildman–Crippen LogP) is 3.73. The number of likely N-dealkylation sites (N-methyl/N-ethyl adjacent to an activating group) is 1. The Kier molecular flexibility index (Phi) is 3.99. The van der Waals surface area contributed by atoms with E-state index in [1.807, 2.05) is 18.2 Å². The minimum absolute atomic E-state index is 0.309. The SMILES string of the molecule is COc1cc2c(cc1OC)Oc1c(OC)ccc3c1[C@H](C2)[N+](C)(C)CC3. The third-order valence-electron chi connectivity index (χ3n) is 5.80. The number of methoxy groups -OCH3 is 3. The van der Waals surface area contributed by atoms with E-state index in [4.69, 9.17) is 18.9 Å². The zero-order chi connectivity index (χ0) is 18.5. The average molecular weight is 356 g/mol. The monoisotopic (exact) mass is 356 g/mol. The minimum atomic E-state index is 0.309. The Hall–Kier alpha value is -2.40. The largest absolute Gasteiger partial charge is 0.493 e. The molecule has 2 heterocycles. The van der Waals surface area contributed by atoms with Crippen LogP contribution in [-0.4, -0.2) is 46.5 Å². The molecule has 0 aromatic heterocycles. The van der Waals surface area contributed by atoms with Gasteiger partial charge < -0.3 is 23.4 Å². The summed E-state index contributed by atoms with van der Waals surface area (Å²) in [7, 11) is 9.59. The number of quaternary nitrogens is 1. The molecule has 26 heavy (non-hydrogen) atoms. The molecule has 0 saturated carbocycles. The smallest absolute Gasteiger partial charge is 0.178 e. The number of fused-ring (bicyclic) bond motifs is 1. The fraction of sp³-hybridized carbons (Fsp3) is 0.429. The lowest BCUT2D eigenvalue weighted by molar-refractivity contribution is -0.923. The van der Waals surface area contributed by atoms with Crippen molar-refractivity contribution in [1.82, 2.24) is 0 Å². The molecule has 2 aromatic carbocycles. The van der Waals surface area contributed by atoms with Crippen LogP contribution in [0.15, 0.2) is 24.3 Å². The van der Waals surface area contributed by atoms with E-state index in [1.165, 1.54) is 11.1 Å². The van der Waals surface area contributed by atoms with Crippen LogP contribution in [-0.2, 0) is 12.8 Å². The van der Waals surface area contributed by atoms with Gasteiger partial charge in [0.05, 0.1) is 47.5 Å². The molecule has 0 saturated heterocycles. The van der Waals surface area contributed by atoms with E-state index in [0.29, 0.717) is 11.8 Å². The summed E-state index contributed by atoms with van der Waals surface area (Å²) in [6, 6.07) is 8.47. The third kappa shape index (κ3) is 2.50. The van der Waals surface area contributed by atoms with E-state index in [1.54, 1.807) is 21.3 Å². The molecule has 0 radical (unpaired) electrons. The van der Waals surface area contributed by atoms with E-state index < -0.39 is 0 Å². The number of hydrogen-bond donors (Lipinski definition) is 0. The van der Waals surface area contributed by atoms with Crippen LogP contribution in [0, 0.1) is 0 Å². The van der Waals surface area contributed by atoms with Crippen molar-refractivity contribution in [1.29, 1.82) is 0 Å². The quantitative estimate of drug-likeness (QED) is 0.785. The van der Waals surface area contributed by atoms with E-state index in [2.05, 4.69) is 20.2 Å². The van der Waals surface area contributed by atoms with Crippen LogP contribution in [0.1, 0.15) is 22.7 Å². The first-order chi connectivity index (χ1) is 12.5. The first kappa shape index (κ1) is 17.0. The number of benzene rings is 2. The van der Waals surface area contributed by atoms with E-state index in [9.17, 15) is 0 Å². The molecule has 0 amide bonds. The average Bonchev–Trinajstić information content (AvgIpc) is 2.81. The Labute approximate surface area is 154 Å². The fourth-order valence-electron chi connectivity index (χ4n) is 4.21. The molecule has 0 fully saturated rings. The number of nitrogens with zero attached hydrogens (tertiary/aromatic N) is 1. The number of ether oxygens (including phenoxy) is 4. The Morgan fingerprint density at radius 2 is 1.62 bits per heavy atom. The molecule has 4 rings (SSSR count). The fourth-order valence-corrected chi connectivity index (χ4v) is 4.21. The van der Waals surface area contributed by atoms with Crippen molar-refractivity contribution in [3.05, 3.63) is 41.0 Å². The van der Waals surface area contributed by atoms with Crippen molar-refractivity contribution in [2.24, 2.45) is 0 Å². The van der Waals surface area contributed by atoms with Crippen molar-refractivity contribution in [3.63, 3.8) is 0 Å². The molecule has 2 aliphatic rings. The summed E-state index contributed by atoms with van der Waals surface area (Å²) in [5.41, 5.74) is 3.76. The van der Waals surface area contributed by atoms with Crippen LogP contribution in [0.4, 0.5) is 0 Å². The highest BCUT2D eigenvalue weighted by atomic mass is 16.5. The molecule has 2 aliphatic heterocycles. The summed E-state index contributed by atoms with van der Waals surface area (Å²) in [5, 5.41) is 0. The highest BCUT2D eigenvalue weighted by Gasteiger charge is 2.41. The molecule has 5 heteroatoms. The molecule has 2 aromatic rings. The van der Waals surface area contributed by atoms with Gasteiger partial charge in [0.25, 0.3) is 0 Å². The van der Waals surface area contributed by atoms with Crippen LogP contribution < -0.4 is 18.9 Å². The molecule has 0 spiro atoms. The summed E-state index contributed by atoms with van der Waals surface area (Å²) in [6.07, 6.45) is 1.93. The standard InChI is InChI=1S/C21H26NO4/c1-22(2)9-8-13-6-7-16(23-3)21-20(13)15(22)10-14-11-18(24-4)19(25-5)12-17(14)26-21/h6-7,11-12,15H,8-10H2,1-5H3/q+1/t15-/m0/s1. The lowest BCUT2D eigenvalue weighted by atomic mass is 9.87. The van der Waals surface area contributed by atoms with Gasteiger partial charge in [0.1, 0.15) is 11.8 Å². The summed E-state index contributed by atoms with van der Waals surface area (Å²) < 4.78 is 24.0.